The molecule has 2 rings (SSSR count). The maximum Gasteiger partial charge on any atom is 0.347 e. The van der Waals surface area contributed by atoms with Gasteiger partial charge in [-0.2, -0.15) is 4.68 Å². The van der Waals surface area contributed by atoms with Crippen LogP contribution in [-0.4, -0.2) is 21.0 Å². The molecule has 0 atom stereocenters. The van der Waals surface area contributed by atoms with Gasteiger partial charge >= 0.3 is 5.69 Å². The van der Waals surface area contributed by atoms with Gasteiger partial charge in [-0.25, -0.2) is 4.79 Å². The summed E-state index contributed by atoms with van der Waals surface area (Å²) in [6, 6.07) is 3.84. The molecule has 0 aliphatic heterocycles. The molecule has 0 bridgehead atoms. The summed E-state index contributed by atoms with van der Waals surface area (Å²) in [6.45, 7) is 6.95. The Hall–Kier alpha value is -1.79. The van der Waals surface area contributed by atoms with Gasteiger partial charge in [-0.1, -0.05) is 25.4 Å². The molecule has 0 saturated heterocycles. The van der Waals surface area contributed by atoms with Crippen molar-refractivity contribution in [2.24, 2.45) is 7.05 Å². The second-order valence-electron chi connectivity index (χ2n) is 5.65. The molecule has 132 valence electrons. The predicted octanol–water partition coefficient (Wildman–Crippen LogP) is 3.07. The van der Waals surface area contributed by atoms with Crippen LogP contribution in [0.3, 0.4) is 0 Å². The fourth-order valence-corrected chi connectivity index (χ4v) is 2.47. The van der Waals surface area contributed by atoms with Crippen LogP contribution in [0.25, 0.3) is 0 Å². The number of halogens is 1. The van der Waals surface area contributed by atoms with E-state index in [1.165, 1.54) is 9.25 Å². The molecule has 0 amide bonds. The minimum absolute atomic E-state index is 0.154. The molecular formula is C17H24ClN3O3. The number of rotatable bonds is 8. The fraction of sp³-hybridized carbons (Fsp3) is 0.529. The van der Waals surface area contributed by atoms with E-state index in [1.807, 2.05) is 32.9 Å². The molecule has 2 aromatic rings. The lowest BCUT2D eigenvalue weighted by atomic mass is 10.1. The van der Waals surface area contributed by atoms with Crippen LogP contribution in [0, 0.1) is 6.92 Å². The zero-order valence-corrected chi connectivity index (χ0v) is 15.4. The van der Waals surface area contributed by atoms with Crippen molar-refractivity contribution in [2.75, 3.05) is 6.61 Å². The number of aromatic nitrogens is 3. The highest BCUT2D eigenvalue weighted by Gasteiger charge is 2.12. The van der Waals surface area contributed by atoms with E-state index in [1.54, 1.807) is 7.05 Å². The average Bonchev–Trinajstić information content (AvgIpc) is 2.84. The van der Waals surface area contributed by atoms with Crippen LogP contribution in [0.4, 0.5) is 0 Å². The summed E-state index contributed by atoms with van der Waals surface area (Å²) in [5.74, 6) is 1.32. The van der Waals surface area contributed by atoms with Crippen LogP contribution in [0.15, 0.2) is 16.9 Å². The molecule has 7 heteroatoms. The third kappa shape index (κ3) is 4.19. The summed E-state index contributed by atoms with van der Waals surface area (Å²) in [5.41, 5.74) is 1.77. The van der Waals surface area contributed by atoms with Crippen LogP contribution >= 0.6 is 11.6 Å². The first-order valence-electron chi connectivity index (χ1n) is 8.10. The van der Waals surface area contributed by atoms with Gasteiger partial charge in [0.05, 0.1) is 0 Å². The van der Waals surface area contributed by atoms with Gasteiger partial charge in [0, 0.05) is 18.7 Å². The summed E-state index contributed by atoms with van der Waals surface area (Å²) >= 11 is 6.16. The van der Waals surface area contributed by atoms with Crippen molar-refractivity contribution in [2.45, 2.75) is 47.0 Å². The Balaban J connectivity index is 2.14. The highest BCUT2D eigenvalue weighted by Crippen LogP contribution is 2.27. The molecule has 0 fully saturated rings. The molecule has 0 aliphatic rings. The molecule has 0 unspecified atom stereocenters. The second-order valence-corrected chi connectivity index (χ2v) is 6.05. The van der Waals surface area contributed by atoms with Crippen LogP contribution < -0.4 is 10.4 Å². The predicted molar refractivity (Wildman–Crippen MR) is 93.6 cm³/mol. The third-order valence-electron chi connectivity index (χ3n) is 3.77. The normalized spacial score (nSPS) is 11.0. The van der Waals surface area contributed by atoms with Crippen molar-refractivity contribution in [3.63, 3.8) is 0 Å². The van der Waals surface area contributed by atoms with E-state index >= 15 is 0 Å². The SMILES string of the molecule is CCCOCn1nc(COc2cc(C)c(Cl)cc2CC)n(C)c1=O. The van der Waals surface area contributed by atoms with E-state index in [2.05, 4.69) is 5.10 Å². The zero-order chi connectivity index (χ0) is 17.7. The van der Waals surface area contributed by atoms with Crippen LogP contribution in [-0.2, 0) is 31.5 Å². The van der Waals surface area contributed by atoms with Crippen molar-refractivity contribution in [3.8, 4) is 5.75 Å². The topological polar surface area (TPSA) is 58.3 Å². The third-order valence-corrected chi connectivity index (χ3v) is 4.18. The van der Waals surface area contributed by atoms with Crippen molar-refractivity contribution in [1.82, 2.24) is 14.3 Å². The molecule has 0 saturated carbocycles. The zero-order valence-electron chi connectivity index (χ0n) is 14.6. The molecule has 1 heterocycles. The maximum absolute atomic E-state index is 12.1. The Morgan fingerprint density at radius 2 is 2.04 bits per heavy atom. The Bertz CT molecular complexity index is 752. The molecular weight excluding hydrogens is 330 g/mol. The summed E-state index contributed by atoms with van der Waals surface area (Å²) in [6.07, 6.45) is 1.71. The quantitative estimate of drug-likeness (QED) is 0.684. The number of aryl methyl sites for hydroxylation is 2. The lowest BCUT2D eigenvalue weighted by molar-refractivity contribution is 0.0662. The lowest BCUT2D eigenvalue weighted by Gasteiger charge is -2.12. The van der Waals surface area contributed by atoms with Crippen LogP contribution in [0.2, 0.25) is 5.02 Å². The van der Waals surface area contributed by atoms with Gasteiger partial charge in [0.2, 0.25) is 0 Å². The number of ether oxygens (including phenoxy) is 2. The van der Waals surface area contributed by atoms with Crippen LogP contribution in [0.1, 0.15) is 37.2 Å². The molecule has 0 spiro atoms. The number of nitrogens with zero attached hydrogens (tertiary/aromatic N) is 3. The minimum atomic E-state index is -0.215. The fourth-order valence-electron chi connectivity index (χ4n) is 2.29. The van der Waals surface area contributed by atoms with Crippen molar-refractivity contribution in [1.29, 1.82) is 0 Å². The van der Waals surface area contributed by atoms with E-state index in [9.17, 15) is 4.79 Å². The van der Waals surface area contributed by atoms with Gasteiger partial charge in [0.15, 0.2) is 5.82 Å². The standard InChI is InChI=1S/C17H24ClN3O3/c1-5-7-23-11-21-17(22)20(4)16(19-21)10-24-15-8-12(3)14(18)9-13(15)6-2/h8-9H,5-7,10-11H2,1-4H3. The van der Waals surface area contributed by atoms with E-state index in [0.29, 0.717) is 12.4 Å². The highest BCUT2D eigenvalue weighted by molar-refractivity contribution is 6.31. The van der Waals surface area contributed by atoms with Crippen molar-refractivity contribution in [3.05, 3.63) is 44.6 Å². The molecule has 0 aliphatic carbocycles. The Morgan fingerprint density at radius 1 is 1.29 bits per heavy atom. The number of hydrogen-bond acceptors (Lipinski definition) is 4. The van der Waals surface area contributed by atoms with Gasteiger partial charge in [-0.05, 0) is 43.0 Å². The van der Waals surface area contributed by atoms with Crippen molar-refractivity contribution < 1.29 is 9.47 Å². The number of benzene rings is 1. The Morgan fingerprint density at radius 3 is 2.71 bits per heavy atom. The molecule has 6 nitrogen and oxygen atoms in total. The summed E-state index contributed by atoms with van der Waals surface area (Å²) in [5, 5.41) is 5.01. The van der Waals surface area contributed by atoms with Gasteiger partial charge in [-0.15, -0.1) is 5.10 Å². The second kappa shape index (κ2) is 8.35. The van der Waals surface area contributed by atoms with E-state index in [4.69, 9.17) is 21.1 Å². The maximum atomic E-state index is 12.1. The lowest BCUT2D eigenvalue weighted by Crippen LogP contribution is -2.24. The Labute approximate surface area is 147 Å². The molecule has 0 radical (unpaired) electrons. The van der Waals surface area contributed by atoms with E-state index in [0.717, 1.165) is 34.7 Å². The molecule has 1 aromatic heterocycles. The first-order valence-corrected chi connectivity index (χ1v) is 8.48. The minimum Gasteiger partial charge on any atom is -0.485 e. The van der Waals surface area contributed by atoms with Gasteiger partial charge in [-0.3, -0.25) is 4.57 Å². The molecule has 1 aromatic carbocycles. The van der Waals surface area contributed by atoms with E-state index in [-0.39, 0.29) is 19.0 Å². The van der Waals surface area contributed by atoms with Gasteiger partial charge in [0.1, 0.15) is 19.1 Å². The largest absolute Gasteiger partial charge is 0.485 e. The molecule has 24 heavy (non-hydrogen) atoms. The smallest absolute Gasteiger partial charge is 0.347 e. The summed E-state index contributed by atoms with van der Waals surface area (Å²) < 4.78 is 14.1. The number of hydrogen-bond donors (Lipinski definition) is 0. The highest BCUT2D eigenvalue weighted by atomic mass is 35.5. The average molecular weight is 354 g/mol. The van der Waals surface area contributed by atoms with Gasteiger partial charge < -0.3 is 9.47 Å². The monoisotopic (exact) mass is 353 g/mol. The van der Waals surface area contributed by atoms with Gasteiger partial charge in [0.25, 0.3) is 0 Å². The van der Waals surface area contributed by atoms with E-state index < -0.39 is 0 Å². The molecule has 0 N–H and O–H groups in total. The first-order chi connectivity index (χ1) is 11.5. The first kappa shape index (κ1) is 18.5. The van der Waals surface area contributed by atoms with Crippen LogP contribution in [0.5, 0.6) is 5.75 Å². The summed E-state index contributed by atoms with van der Waals surface area (Å²) in [4.78, 5) is 12.1. The summed E-state index contributed by atoms with van der Waals surface area (Å²) in [7, 11) is 1.68. The van der Waals surface area contributed by atoms with Crippen molar-refractivity contribution >= 4 is 11.6 Å². The Kier molecular flexibility index (Phi) is 6.45.